The molecular formula is C18H20N2OS. The van der Waals surface area contributed by atoms with Gasteiger partial charge in [-0.25, -0.2) is 0 Å². The number of hydrogen-bond acceptors (Lipinski definition) is 2. The number of unbranched alkanes of at least 4 members (excludes halogenated alkanes) is 1. The summed E-state index contributed by atoms with van der Waals surface area (Å²) >= 11 is 1.62. The van der Waals surface area contributed by atoms with Crippen LogP contribution in [-0.2, 0) is 11.3 Å². The SMILES string of the molecule is CCCCC(=O)N=c1sc2c3ccccc3ccc2n1CC. The van der Waals surface area contributed by atoms with Crippen LogP contribution < -0.4 is 4.80 Å². The second-order valence-electron chi connectivity index (χ2n) is 5.37. The van der Waals surface area contributed by atoms with Crippen molar-refractivity contribution in [3.8, 4) is 0 Å². The van der Waals surface area contributed by atoms with Gasteiger partial charge in [-0.15, -0.1) is 0 Å². The molecule has 0 bridgehead atoms. The lowest BCUT2D eigenvalue weighted by Gasteiger charge is -2.02. The van der Waals surface area contributed by atoms with Gasteiger partial charge >= 0.3 is 0 Å². The van der Waals surface area contributed by atoms with Gasteiger partial charge < -0.3 is 4.57 Å². The highest BCUT2D eigenvalue weighted by Crippen LogP contribution is 2.27. The first-order valence-electron chi connectivity index (χ1n) is 7.83. The zero-order chi connectivity index (χ0) is 15.5. The number of amides is 1. The van der Waals surface area contributed by atoms with E-state index in [-0.39, 0.29) is 5.91 Å². The first-order chi connectivity index (χ1) is 10.7. The summed E-state index contributed by atoms with van der Waals surface area (Å²) in [5.41, 5.74) is 1.16. The van der Waals surface area contributed by atoms with E-state index in [1.165, 1.54) is 15.5 Å². The minimum atomic E-state index is -0.0140. The first kappa shape index (κ1) is 15.0. The number of carbonyl (C=O) groups excluding carboxylic acids is 1. The van der Waals surface area contributed by atoms with Gasteiger partial charge in [0.05, 0.1) is 10.2 Å². The molecule has 0 radical (unpaired) electrons. The lowest BCUT2D eigenvalue weighted by atomic mass is 10.1. The van der Waals surface area contributed by atoms with Crippen molar-refractivity contribution in [1.29, 1.82) is 0 Å². The Kier molecular flexibility index (Phi) is 4.39. The zero-order valence-corrected chi connectivity index (χ0v) is 13.8. The van der Waals surface area contributed by atoms with Crippen molar-refractivity contribution < 1.29 is 4.79 Å². The van der Waals surface area contributed by atoms with Crippen LogP contribution in [0.2, 0.25) is 0 Å². The molecule has 114 valence electrons. The minimum Gasteiger partial charge on any atom is -0.317 e. The normalized spacial score (nSPS) is 12.4. The Bertz CT molecular complexity index is 889. The molecule has 0 unspecified atom stereocenters. The molecule has 0 aliphatic heterocycles. The maximum Gasteiger partial charge on any atom is 0.248 e. The van der Waals surface area contributed by atoms with E-state index in [0.717, 1.165) is 29.7 Å². The summed E-state index contributed by atoms with van der Waals surface area (Å²) in [4.78, 5) is 17.2. The summed E-state index contributed by atoms with van der Waals surface area (Å²) < 4.78 is 3.35. The molecule has 0 spiro atoms. The van der Waals surface area contributed by atoms with E-state index in [0.29, 0.717) is 6.42 Å². The molecule has 0 aliphatic rings. The molecule has 0 N–H and O–H groups in total. The van der Waals surface area contributed by atoms with Crippen LogP contribution >= 0.6 is 11.3 Å². The van der Waals surface area contributed by atoms with Crippen molar-refractivity contribution in [3.63, 3.8) is 0 Å². The number of nitrogens with zero attached hydrogens (tertiary/aromatic N) is 2. The van der Waals surface area contributed by atoms with Crippen LogP contribution in [0.3, 0.4) is 0 Å². The predicted octanol–water partition coefficient (Wildman–Crippen LogP) is 4.49. The molecule has 0 fully saturated rings. The fraction of sp³-hybridized carbons (Fsp3) is 0.333. The summed E-state index contributed by atoms with van der Waals surface area (Å²) in [5.74, 6) is -0.0140. The van der Waals surface area contributed by atoms with Crippen LogP contribution in [0.15, 0.2) is 41.4 Å². The Morgan fingerprint density at radius 2 is 2.00 bits per heavy atom. The van der Waals surface area contributed by atoms with Gasteiger partial charge in [0.1, 0.15) is 0 Å². The fourth-order valence-electron chi connectivity index (χ4n) is 2.68. The Labute approximate surface area is 133 Å². The fourth-order valence-corrected chi connectivity index (χ4v) is 3.93. The molecule has 1 aromatic heterocycles. The molecule has 0 aliphatic carbocycles. The highest BCUT2D eigenvalue weighted by molar-refractivity contribution is 7.17. The summed E-state index contributed by atoms with van der Waals surface area (Å²) in [7, 11) is 0. The minimum absolute atomic E-state index is 0.0140. The molecule has 1 amide bonds. The number of aromatic nitrogens is 1. The van der Waals surface area contributed by atoms with Crippen LogP contribution in [0.25, 0.3) is 21.0 Å². The van der Waals surface area contributed by atoms with E-state index < -0.39 is 0 Å². The van der Waals surface area contributed by atoms with Gasteiger partial charge in [0, 0.05) is 18.4 Å². The third-order valence-electron chi connectivity index (χ3n) is 3.85. The molecule has 3 aromatic rings. The van der Waals surface area contributed by atoms with Gasteiger partial charge in [-0.2, -0.15) is 4.99 Å². The topological polar surface area (TPSA) is 34.4 Å². The number of hydrogen-bond donors (Lipinski definition) is 0. The third kappa shape index (κ3) is 2.71. The number of thiazole rings is 1. The highest BCUT2D eigenvalue weighted by Gasteiger charge is 2.09. The highest BCUT2D eigenvalue weighted by atomic mass is 32.1. The maximum atomic E-state index is 12.0. The van der Waals surface area contributed by atoms with Crippen molar-refractivity contribution in [3.05, 3.63) is 41.2 Å². The monoisotopic (exact) mass is 312 g/mol. The largest absolute Gasteiger partial charge is 0.317 e. The van der Waals surface area contributed by atoms with Crippen molar-refractivity contribution >= 4 is 38.2 Å². The molecule has 3 rings (SSSR count). The summed E-state index contributed by atoms with van der Waals surface area (Å²) in [6.07, 6.45) is 2.46. The van der Waals surface area contributed by atoms with E-state index >= 15 is 0 Å². The zero-order valence-electron chi connectivity index (χ0n) is 13.0. The average Bonchev–Trinajstić information content (AvgIpc) is 2.90. The van der Waals surface area contributed by atoms with Gasteiger partial charge in [0.2, 0.25) is 5.91 Å². The van der Waals surface area contributed by atoms with Crippen LogP contribution in [0.1, 0.15) is 33.1 Å². The number of aryl methyl sites for hydroxylation is 1. The standard InChI is InChI=1S/C18H20N2OS/c1-3-5-10-16(21)19-18-20(4-2)15-12-11-13-8-6-7-9-14(13)17(15)22-18/h6-9,11-12H,3-5,10H2,1-2H3. The molecule has 0 saturated heterocycles. The smallest absolute Gasteiger partial charge is 0.248 e. The number of benzene rings is 2. The van der Waals surface area contributed by atoms with Crippen molar-refractivity contribution in [2.24, 2.45) is 4.99 Å². The lowest BCUT2D eigenvalue weighted by molar-refractivity contribution is -0.118. The summed E-state index contributed by atoms with van der Waals surface area (Å²) in [6.45, 7) is 5.00. The molecule has 1 heterocycles. The van der Waals surface area contributed by atoms with Gasteiger partial charge in [0.15, 0.2) is 4.80 Å². The number of fused-ring (bicyclic) bond motifs is 3. The van der Waals surface area contributed by atoms with E-state index in [9.17, 15) is 4.79 Å². The van der Waals surface area contributed by atoms with Gasteiger partial charge in [-0.3, -0.25) is 4.79 Å². The number of carbonyl (C=O) groups is 1. The maximum absolute atomic E-state index is 12.0. The summed E-state index contributed by atoms with van der Waals surface area (Å²) in [6, 6.07) is 12.6. The van der Waals surface area contributed by atoms with E-state index in [2.05, 4.69) is 59.8 Å². The van der Waals surface area contributed by atoms with Gasteiger partial charge in [-0.05, 0) is 24.8 Å². The van der Waals surface area contributed by atoms with Gasteiger partial charge in [0.25, 0.3) is 0 Å². The average molecular weight is 312 g/mol. The van der Waals surface area contributed by atoms with E-state index in [4.69, 9.17) is 0 Å². The van der Waals surface area contributed by atoms with Crippen LogP contribution in [0.4, 0.5) is 0 Å². The first-order valence-corrected chi connectivity index (χ1v) is 8.65. The molecule has 0 atom stereocenters. The van der Waals surface area contributed by atoms with Crippen LogP contribution in [0.5, 0.6) is 0 Å². The summed E-state index contributed by atoms with van der Waals surface area (Å²) in [5, 5.41) is 2.46. The van der Waals surface area contributed by atoms with Crippen LogP contribution in [-0.4, -0.2) is 10.5 Å². The Morgan fingerprint density at radius 3 is 2.77 bits per heavy atom. The van der Waals surface area contributed by atoms with Gasteiger partial charge in [-0.1, -0.05) is 55.0 Å². The second-order valence-corrected chi connectivity index (χ2v) is 6.35. The Hall–Kier alpha value is -1.94. The van der Waals surface area contributed by atoms with E-state index in [1.54, 1.807) is 11.3 Å². The van der Waals surface area contributed by atoms with Crippen molar-refractivity contribution in [1.82, 2.24) is 4.57 Å². The van der Waals surface area contributed by atoms with Crippen molar-refractivity contribution in [2.75, 3.05) is 0 Å². The van der Waals surface area contributed by atoms with Crippen molar-refractivity contribution in [2.45, 2.75) is 39.7 Å². The molecule has 3 nitrogen and oxygen atoms in total. The third-order valence-corrected chi connectivity index (χ3v) is 4.98. The Balaban J connectivity index is 2.21. The predicted molar refractivity (Wildman–Crippen MR) is 93.1 cm³/mol. The molecular weight excluding hydrogens is 292 g/mol. The quantitative estimate of drug-likeness (QED) is 0.698. The molecule has 4 heteroatoms. The Morgan fingerprint density at radius 1 is 1.18 bits per heavy atom. The molecule has 0 saturated carbocycles. The van der Waals surface area contributed by atoms with Crippen LogP contribution in [0, 0.1) is 0 Å². The van der Waals surface area contributed by atoms with E-state index in [1.807, 2.05) is 0 Å². The second kappa shape index (κ2) is 6.44. The number of rotatable bonds is 4. The molecule has 2 aromatic carbocycles. The molecule has 22 heavy (non-hydrogen) atoms. The lowest BCUT2D eigenvalue weighted by Crippen LogP contribution is -2.15.